The third-order valence-electron chi connectivity index (χ3n) is 2.79. The number of nitrogens with zero attached hydrogens (tertiary/aromatic N) is 3. The van der Waals surface area contributed by atoms with E-state index in [1.807, 2.05) is 23.1 Å². The maximum absolute atomic E-state index is 4.40. The van der Waals surface area contributed by atoms with E-state index in [0.717, 1.165) is 12.1 Å². The van der Waals surface area contributed by atoms with Crippen LogP contribution in [0.3, 0.4) is 0 Å². The highest BCUT2D eigenvalue weighted by atomic mass is 15.3. The lowest BCUT2D eigenvalue weighted by atomic mass is 10.1. The lowest BCUT2D eigenvalue weighted by Gasteiger charge is -2.04. The van der Waals surface area contributed by atoms with E-state index < -0.39 is 0 Å². The predicted octanol–water partition coefficient (Wildman–Crippen LogP) is 2.79. The van der Waals surface area contributed by atoms with Gasteiger partial charge in [0, 0.05) is 24.0 Å². The summed E-state index contributed by atoms with van der Waals surface area (Å²) in [6.07, 6.45) is 5.67. The van der Waals surface area contributed by atoms with Crippen molar-refractivity contribution in [3.8, 4) is 0 Å². The summed E-state index contributed by atoms with van der Waals surface area (Å²) < 4.78 is 1.92. The zero-order valence-electron chi connectivity index (χ0n) is 9.67. The second kappa shape index (κ2) is 4.01. The minimum atomic E-state index is 0.802. The summed E-state index contributed by atoms with van der Waals surface area (Å²) in [5, 5.41) is 5.40. The minimum Gasteiger partial charge on any atom is -0.268 e. The van der Waals surface area contributed by atoms with Crippen molar-refractivity contribution in [1.29, 1.82) is 0 Å². The molecule has 0 unspecified atom stereocenters. The molecular formula is C14H13N3. The van der Waals surface area contributed by atoms with Crippen LogP contribution in [0.4, 0.5) is 0 Å². The second-order valence-electron chi connectivity index (χ2n) is 4.24. The van der Waals surface area contributed by atoms with Crippen molar-refractivity contribution < 1.29 is 0 Å². The SMILES string of the molecule is Cc1cnc2ccc(Cn3cccn3)cc2c1. The van der Waals surface area contributed by atoms with E-state index in [2.05, 4.69) is 41.3 Å². The highest BCUT2D eigenvalue weighted by Crippen LogP contribution is 2.15. The first kappa shape index (κ1) is 10.0. The van der Waals surface area contributed by atoms with Gasteiger partial charge in [0.25, 0.3) is 0 Å². The molecule has 3 rings (SSSR count). The molecule has 0 saturated carbocycles. The number of hydrogen-bond donors (Lipinski definition) is 0. The van der Waals surface area contributed by atoms with Crippen LogP contribution >= 0.6 is 0 Å². The highest BCUT2D eigenvalue weighted by Gasteiger charge is 1.99. The van der Waals surface area contributed by atoms with Gasteiger partial charge in [0.15, 0.2) is 0 Å². The molecule has 3 heteroatoms. The topological polar surface area (TPSA) is 30.7 Å². The van der Waals surface area contributed by atoms with Gasteiger partial charge in [-0.05, 0) is 42.3 Å². The Bertz CT molecular complexity index is 642. The molecule has 0 fully saturated rings. The van der Waals surface area contributed by atoms with Gasteiger partial charge >= 0.3 is 0 Å². The smallest absolute Gasteiger partial charge is 0.0702 e. The van der Waals surface area contributed by atoms with Crippen molar-refractivity contribution in [2.24, 2.45) is 0 Å². The van der Waals surface area contributed by atoms with Gasteiger partial charge in [-0.1, -0.05) is 6.07 Å². The fourth-order valence-corrected chi connectivity index (χ4v) is 1.97. The second-order valence-corrected chi connectivity index (χ2v) is 4.24. The van der Waals surface area contributed by atoms with E-state index in [1.165, 1.54) is 16.5 Å². The zero-order chi connectivity index (χ0) is 11.7. The molecule has 0 bridgehead atoms. The zero-order valence-corrected chi connectivity index (χ0v) is 9.67. The molecule has 0 aliphatic carbocycles. The van der Waals surface area contributed by atoms with Crippen LogP contribution in [-0.2, 0) is 6.54 Å². The standard InChI is InChI=1S/C14H13N3/c1-11-7-13-8-12(3-4-14(13)15-9-11)10-17-6-2-5-16-17/h2-9H,10H2,1H3. The molecule has 2 heterocycles. The van der Waals surface area contributed by atoms with Gasteiger partial charge in [0.05, 0.1) is 12.1 Å². The Morgan fingerprint density at radius 2 is 2.18 bits per heavy atom. The monoisotopic (exact) mass is 223 g/mol. The predicted molar refractivity (Wildman–Crippen MR) is 67.8 cm³/mol. The molecular weight excluding hydrogens is 210 g/mol. The van der Waals surface area contributed by atoms with Crippen molar-refractivity contribution >= 4 is 10.9 Å². The summed E-state index contributed by atoms with van der Waals surface area (Å²) in [7, 11) is 0. The fourth-order valence-electron chi connectivity index (χ4n) is 1.97. The summed E-state index contributed by atoms with van der Waals surface area (Å²) in [5.74, 6) is 0. The molecule has 0 aliphatic rings. The first-order valence-electron chi connectivity index (χ1n) is 5.64. The van der Waals surface area contributed by atoms with Crippen LogP contribution < -0.4 is 0 Å². The summed E-state index contributed by atoms with van der Waals surface area (Å²) in [6.45, 7) is 2.86. The minimum absolute atomic E-state index is 0.802. The number of fused-ring (bicyclic) bond motifs is 1. The number of aromatic nitrogens is 3. The van der Waals surface area contributed by atoms with E-state index in [9.17, 15) is 0 Å². The molecule has 1 aromatic carbocycles. The Morgan fingerprint density at radius 3 is 3.00 bits per heavy atom. The van der Waals surface area contributed by atoms with Gasteiger partial charge in [-0.15, -0.1) is 0 Å². The lowest BCUT2D eigenvalue weighted by Crippen LogP contribution is -1.99. The largest absolute Gasteiger partial charge is 0.268 e. The van der Waals surface area contributed by atoms with E-state index in [-0.39, 0.29) is 0 Å². The average Bonchev–Trinajstić information content (AvgIpc) is 2.81. The van der Waals surface area contributed by atoms with Crippen LogP contribution in [0.1, 0.15) is 11.1 Å². The Morgan fingerprint density at radius 1 is 1.24 bits per heavy atom. The lowest BCUT2D eigenvalue weighted by molar-refractivity contribution is 0.687. The maximum atomic E-state index is 4.40. The van der Waals surface area contributed by atoms with Crippen LogP contribution in [0.5, 0.6) is 0 Å². The molecule has 84 valence electrons. The summed E-state index contributed by atoms with van der Waals surface area (Å²) in [4.78, 5) is 4.40. The van der Waals surface area contributed by atoms with Crippen LogP contribution in [-0.4, -0.2) is 14.8 Å². The molecule has 0 radical (unpaired) electrons. The Labute approximate surface area is 99.7 Å². The molecule has 3 nitrogen and oxygen atoms in total. The molecule has 3 aromatic rings. The van der Waals surface area contributed by atoms with Crippen LogP contribution in [0.25, 0.3) is 10.9 Å². The maximum Gasteiger partial charge on any atom is 0.0702 e. The normalized spacial score (nSPS) is 10.9. The van der Waals surface area contributed by atoms with Crippen molar-refractivity contribution in [3.05, 3.63) is 60.0 Å². The number of rotatable bonds is 2. The van der Waals surface area contributed by atoms with Crippen LogP contribution in [0, 0.1) is 6.92 Å². The number of aryl methyl sites for hydroxylation is 1. The van der Waals surface area contributed by atoms with Crippen LogP contribution in [0.2, 0.25) is 0 Å². The van der Waals surface area contributed by atoms with Crippen LogP contribution in [0.15, 0.2) is 48.9 Å². The van der Waals surface area contributed by atoms with E-state index in [0.29, 0.717) is 0 Å². The molecule has 0 atom stereocenters. The van der Waals surface area contributed by atoms with E-state index >= 15 is 0 Å². The first-order valence-corrected chi connectivity index (χ1v) is 5.64. The van der Waals surface area contributed by atoms with Crippen molar-refractivity contribution in [1.82, 2.24) is 14.8 Å². The summed E-state index contributed by atoms with van der Waals surface area (Å²) in [5.41, 5.74) is 3.47. The van der Waals surface area contributed by atoms with Crippen molar-refractivity contribution in [2.45, 2.75) is 13.5 Å². The van der Waals surface area contributed by atoms with Crippen molar-refractivity contribution in [3.63, 3.8) is 0 Å². The van der Waals surface area contributed by atoms with Gasteiger partial charge in [-0.3, -0.25) is 9.67 Å². The fraction of sp³-hybridized carbons (Fsp3) is 0.143. The third-order valence-corrected chi connectivity index (χ3v) is 2.79. The Kier molecular flexibility index (Phi) is 2.37. The van der Waals surface area contributed by atoms with Gasteiger partial charge < -0.3 is 0 Å². The molecule has 17 heavy (non-hydrogen) atoms. The Hall–Kier alpha value is -2.16. The van der Waals surface area contributed by atoms with Gasteiger partial charge in [-0.25, -0.2) is 0 Å². The summed E-state index contributed by atoms with van der Waals surface area (Å²) >= 11 is 0. The van der Waals surface area contributed by atoms with Gasteiger partial charge in [0.2, 0.25) is 0 Å². The quantitative estimate of drug-likeness (QED) is 0.668. The van der Waals surface area contributed by atoms with E-state index in [4.69, 9.17) is 0 Å². The van der Waals surface area contributed by atoms with Gasteiger partial charge in [0.1, 0.15) is 0 Å². The molecule has 0 saturated heterocycles. The Balaban J connectivity index is 2.01. The van der Waals surface area contributed by atoms with E-state index in [1.54, 1.807) is 6.20 Å². The summed E-state index contributed by atoms with van der Waals surface area (Å²) in [6, 6.07) is 10.4. The number of pyridine rings is 1. The molecule has 0 spiro atoms. The number of benzene rings is 1. The first-order chi connectivity index (χ1) is 8.31. The molecule has 0 aliphatic heterocycles. The molecule has 0 amide bonds. The third kappa shape index (κ3) is 2.04. The average molecular weight is 223 g/mol. The van der Waals surface area contributed by atoms with Gasteiger partial charge in [-0.2, -0.15) is 5.10 Å². The molecule has 2 aromatic heterocycles. The van der Waals surface area contributed by atoms with Crippen molar-refractivity contribution in [2.75, 3.05) is 0 Å². The molecule has 0 N–H and O–H groups in total. The highest BCUT2D eigenvalue weighted by molar-refractivity contribution is 5.79. The number of hydrogen-bond acceptors (Lipinski definition) is 2.